The fourth-order valence-corrected chi connectivity index (χ4v) is 2.09. The smallest absolute Gasteiger partial charge is 0.236 e. The highest BCUT2D eigenvalue weighted by Gasteiger charge is 2.03. The summed E-state index contributed by atoms with van der Waals surface area (Å²) in [6, 6.07) is 7.63. The largest absolute Gasteiger partial charge is 0.279 e. The minimum Gasteiger partial charge on any atom is -0.279 e. The van der Waals surface area contributed by atoms with Crippen molar-refractivity contribution in [1.82, 2.24) is 0 Å². The van der Waals surface area contributed by atoms with Crippen molar-refractivity contribution in [2.75, 3.05) is 0 Å². The van der Waals surface area contributed by atoms with E-state index in [9.17, 15) is 4.79 Å². The van der Waals surface area contributed by atoms with Crippen LogP contribution in [-0.2, 0) is 0 Å². The van der Waals surface area contributed by atoms with Gasteiger partial charge in [0, 0.05) is 11.1 Å². The second kappa shape index (κ2) is 8.96. The lowest BCUT2D eigenvalue weighted by atomic mass is 10.0. The molecule has 1 rings (SSSR count). The van der Waals surface area contributed by atoms with Gasteiger partial charge in [-0.25, -0.2) is 0 Å². The Balaban J connectivity index is 2.76. The van der Waals surface area contributed by atoms with Gasteiger partial charge in [-0.05, 0) is 41.9 Å². The Morgan fingerprint density at radius 3 is 2.13 bits per heavy atom. The van der Waals surface area contributed by atoms with E-state index in [-0.39, 0.29) is 5.78 Å². The molecule has 0 heterocycles. The summed E-state index contributed by atoms with van der Waals surface area (Å²) < 4.78 is 0. The van der Waals surface area contributed by atoms with E-state index in [2.05, 4.69) is 52.2 Å². The van der Waals surface area contributed by atoms with Crippen molar-refractivity contribution >= 4 is 5.78 Å². The van der Waals surface area contributed by atoms with Crippen LogP contribution in [0.5, 0.6) is 0 Å². The zero-order valence-electron chi connectivity index (χ0n) is 14.8. The van der Waals surface area contributed by atoms with Crippen molar-refractivity contribution in [1.29, 1.82) is 0 Å². The summed E-state index contributed by atoms with van der Waals surface area (Å²) in [5, 5.41) is 0. The number of benzene rings is 1. The van der Waals surface area contributed by atoms with Gasteiger partial charge in [0.05, 0.1) is 0 Å². The molecule has 120 valence electrons. The Kier molecular flexibility index (Phi) is 7.29. The number of rotatable bonds is 5. The minimum atomic E-state index is -0.176. The van der Waals surface area contributed by atoms with Gasteiger partial charge in [0.25, 0.3) is 0 Å². The first-order valence-corrected chi connectivity index (χ1v) is 8.04. The molecule has 0 spiro atoms. The van der Waals surface area contributed by atoms with Gasteiger partial charge in [-0.3, -0.25) is 4.79 Å². The Hall–Kier alpha value is -2.33. The first-order valence-electron chi connectivity index (χ1n) is 8.04. The van der Waals surface area contributed by atoms with Gasteiger partial charge < -0.3 is 0 Å². The maximum Gasteiger partial charge on any atom is 0.236 e. The molecule has 0 aliphatic carbocycles. The molecule has 23 heavy (non-hydrogen) atoms. The van der Waals surface area contributed by atoms with Crippen LogP contribution in [0.3, 0.4) is 0 Å². The zero-order chi connectivity index (χ0) is 17.4. The average Bonchev–Trinajstić information content (AvgIpc) is 2.52. The molecule has 0 fully saturated rings. The number of hydrogen-bond acceptors (Lipinski definition) is 1. The molecule has 0 saturated heterocycles. The minimum absolute atomic E-state index is 0.176. The van der Waals surface area contributed by atoms with Crippen molar-refractivity contribution in [2.24, 2.45) is 5.92 Å². The van der Waals surface area contributed by atoms with E-state index in [0.717, 1.165) is 0 Å². The highest BCUT2D eigenvalue weighted by Crippen LogP contribution is 2.15. The van der Waals surface area contributed by atoms with Crippen LogP contribution in [0.25, 0.3) is 0 Å². The van der Waals surface area contributed by atoms with Crippen molar-refractivity contribution in [3.63, 3.8) is 0 Å². The maximum atomic E-state index is 12.1. The van der Waals surface area contributed by atoms with Crippen molar-refractivity contribution in [2.45, 2.75) is 40.5 Å². The second-order valence-electron chi connectivity index (χ2n) is 6.16. The predicted molar refractivity (Wildman–Crippen MR) is 99.5 cm³/mol. The predicted octanol–water partition coefficient (Wildman–Crippen LogP) is 5.71. The molecule has 0 N–H and O–H groups in total. The van der Waals surface area contributed by atoms with E-state index in [1.807, 2.05) is 43.3 Å². The third-order valence-electron chi connectivity index (χ3n) is 3.65. The number of ketones is 1. The highest BCUT2D eigenvalue weighted by molar-refractivity contribution is 6.09. The van der Waals surface area contributed by atoms with Crippen LogP contribution in [0.15, 0.2) is 60.2 Å². The molecule has 0 aliphatic rings. The first-order chi connectivity index (χ1) is 10.8. The Morgan fingerprint density at radius 2 is 1.65 bits per heavy atom. The van der Waals surface area contributed by atoms with Gasteiger partial charge >= 0.3 is 0 Å². The quantitative estimate of drug-likeness (QED) is 0.295. The van der Waals surface area contributed by atoms with Gasteiger partial charge in [-0.2, -0.15) is 0 Å². The summed E-state index contributed by atoms with van der Waals surface area (Å²) in [5.41, 5.74) is 3.70. The molecule has 0 amide bonds. The average molecular weight is 306 g/mol. The van der Waals surface area contributed by atoms with Crippen molar-refractivity contribution in [3.05, 3.63) is 71.3 Å². The summed E-state index contributed by atoms with van der Waals surface area (Å²) in [4.78, 5) is 12.1. The molecule has 1 aromatic rings. The van der Waals surface area contributed by atoms with E-state index in [4.69, 9.17) is 0 Å². The Bertz CT molecular complexity index is 671. The number of carbonyl (C=O) groups excluding carboxylic acids is 1. The normalized spacial score (nSPS) is 11.7. The zero-order valence-corrected chi connectivity index (χ0v) is 14.8. The number of allylic oxidation sites excluding steroid dienone is 5. The van der Waals surface area contributed by atoms with Crippen LogP contribution >= 0.6 is 0 Å². The molecule has 0 aliphatic heterocycles. The summed E-state index contributed by atoms with van der Waals surface area (Å²) >= 11 is 0. The molecule has 0 radical (unpaired) electrons. The standard InChI is InChI=1S/C22H26O/c1-7-19(16(2)3)10-8-18(6)9-15-22(23)21-13-11-20(12-14-21)17(4)5/h7-8,10-14,16-17H,6H2,1-5H3/b10-8-,19-7+. The van der Waals surface area contributed by atoms with Crippen LogP contribution in [0.4, 0.5) is 0 Å². The monoisotopic (exact) mass is 306 g/mol. The molecular weight excluding hydrogens is 280 g/mol. The summed E-state index contributed by atoms with van der Waals surface area (Å²) in [6.07, 6.45) is 5.93. The number of carbonyl (C=O) groups is 1. The molecular formula is C22H26O. The van der Waals surface area contributed by atoms with E-state index < -0.39 is 0 Å². The van der Waals surface area contributed by atoms with Crippen LogP contribution in [0.1, 0.15) is 56.5 Å². The van der Waals surface area contributed by atoms with Gasteiger partial charge in [0.1, 0.15) is 0 Å². The number of hydrogen-bond donors (Lipinski definition) is 0. The third-order valence-corrected chi connectivity index (χ3v) is 3.65. The van der Waals surface area contributed by atoms with Gasteiger partial charge in [-0.1, -0.05) is 76.6 Å². The Labute approximate surface area is 140 Å². The lowest BCUT2D eigenvalue weighted by Gasteiger charge is -2.04. The van der Waals surface area contributed by atoms with Crippen molar-refractivity contribution < 1.29 is 4.79 Å². The summed E-state index contributed by atoms with van der Waals surface area (Å²) in [6.45, 7) is 14.4. The molecule has 0 atom stereocenters. The maximum absolute atomic E-state index is 12.1. The van der Waals surface area contributed by atoms with Crippen LogP contribution < -0.4 is 0 Å². The topological polar surface area (TPSA) is 17.1 Å². The van der Waals surface area contributed by atoms with Gasteiger partial charge in [0.15, 0.2) is 0 Å². The summed E-state index contributed by atoms with van der Waals surface area (Å²) in [7, 11) is 0. The molecule has 1 heteroatoms. The molecule has 0 unspecified atom stereocenters. The molecule has 1 nitrogen and oxygen atoms in total. The van der Waals surface area contributed by atoms with Gasteiger partial charge in [0.2, 0.25) is 5.78 Å². The van der Waals surface area contributed by atoms with Crippen molar-refractivity contribution in [3.8, 4) is 11.8 Å². The van der Waals surface area contributed by atoms with E-state index in [0.29, 0.717) is 23.0 Å². The molecule has 0 aromatic heterocycles. The van der Waals surface area contributed by atoms with E-state index in [1.54, 1.807) is 0 Å². The fourth-order valence-electron chi connectivity index (χ4n) is 2.09. The Morgan fingerprint density at radius 1 is 1.04 bits per heavy atom. The summed E-state index contributed by atoms with van der Waals surface area (Å²) in [5.74, 6) is 6.22. The number of Topliss-reactive ketones (excluding diaryl/α,β-unsaturated/α-hetero) is 1. The SMILES string of the molecule is C=C(C#CC(=O)c1ccc(C(C)C)cc1)/C=C\C(=C/C)C(C)C. The van der Waals surface area contributed by atoms with Crippen LogP contribution in [-0.4, -0.2) is 5.78 Å². The van der Waals surface area contributed by atoms with E-state index >= 15 is 0 Å². The fraction of sp³-hybridized carbons (Fsp3) is 0.318. The third kappa shape index (κ3) is 6.12. The van der Waals surface area contributed by atoms with Gasteiger partial charge in [-0.15, -0.1) is 0 Å². The first kappa shape index (κ1) is 18.7. The second-order valence-corrected chi connectivity index (χ2v) is 6.16. The lowest BCUT2D eigenvalue weighted by molar-refractivity contribution is 0.105. The van der Waals surface area contributed by atoms with Crippen LogP contribution in [0.2, 0.25) is 0 Å². The molecule has 1 aromatic carbocycles. The molecule has 0 bridgehead atoms. The molecule has 0 saturated carbocycles. The lowest BCUT2D eigenvalue weighted by Crippen LogP contribution is -1.96. The van der Waals surface area contributed by atoms with E-state index in [1.165, 1.54) is 11.1 Å². The van der Waals surface area contributed by atoms with Crippen LogP contribution in [0, 0.1) is 17.8 Å². The highest BCUT2D eigenvalue weighted by atomic mass is 16.1.